The van der Waals surface area contributed by atoms with Crippen LogP contribution in [-0.4, -0.2) is 28.9 Å². The number of thiophene rings is 1. The fourth-order valence-corrected chi connectivity index (χ4v) is 2.36. The second-order valence-corrected chi connectivity index (χ2v) is 4.80. The highest BCUT2D eigenvalue weighted by Gasteiger charge is 2.24. The first-order valence-corrected chi connectivity index (χ1v) is 6.65. The van der Waals surface area contributed by atoms with Crippen molar-refractivity contribution in [3.05, 3.63) is 23.1 Å². The summed E-state index contributed by atoms with van der Waals surface area (Å²) in [5, 5.41) is 14.6. The van der Waals surface area contributed by atoms with Gasteiger partial charge in [-0.05, 0) is 23.5 Å². The van der Waals surface area contributed by atoms with Gasteiger partial charge in [0.25, 0.3) is 5.88 Å². The van der Waals surface area contributed by atoms with Gasteiger partial charge >= 0.3 is 5.97 Å². The Morgan fingerprint density at radius 2 is 2.47 bits per heavy atom. The van der Waals surface area contributed by atoms with E-state index in [9.17, 15) is 4.79 Å². The van der Waals surface area contributed by atoms with E-state index in [0.29, 0.717) is 23.8 Å². The zero-order chi connectivity index (χ0) is 13.8. The Kier molecular flexibility index (Phi) is 4.18. The van der Waals surface area contributed by atoms with E-state index in [1.54, 1.807) is 0 Å². The van der Waals surface area contributed by atoms with E-state index in [1.165, 1.54) is 11.3 Å². The smallest absolute Gasteiger partial charge is 0.320 e. The van der Waals surface area contributed by atoms with Crippen LogP contribution in [0.15, 0.2) is 22.0 Å². The molecule has 0 radical (unpaired) electrons. The third-order valence-electron chi connectivity index (χ3n) is 2.52. The molecule has 1 unspecified atom stereocenters. The lowest BCUT2D eigenvalue weighted by atomic mass is 10.1. The van der Waals surface area contributed by atoms with Crippen molar-refractivity contribution in [3.63, 3.8) is 0 Å². The van der Waals surface area contributed by atoms with E-state index in [2.05, 4.69) is 5.16 Å². The summed E-state index contributed by atoms with van der Waals surface area (Å²) in [4.78, 5) is 11.7. The van der Waals surface area contributed by atoms with E-state index < -0.39 is 12.0 Å². The van der Waals surface area contributed by atoms with Crippen LogP contribution >= 0.6 is 11.3 Å². The van der Waals surface area contributed by atoms with Gasteiger partial charge in [-0.15, -0.1) is 11.3 Å². The molecule has 0 saturated carbocycles. The van der Waals surface area contributed by atoms with Gasteiger partial charge in [0.1, 0.15) is 6.04 Å². The number of carboxylic acid groups (broad SMARTS) is 1. The molecular formula is C12H14N2O4S. The average Bonchev–Trinajstić information content (AvgIpc) is 3.00. The molecular weight excluding hydrogens is 268 g/mol. The maximum Gasteiger partial charge on any atom is 0.320 e. The molecule has 0 fully saturated rings. The lowest BCUT2D eigenvalue weighted by Gasteiger charge is -2.07. The number of ether oxygens (including phenoxy) is 1. The highest BCUT2D eigenvalue weighted by molar-refractivity contribution is 7.13. The Morgan fingerprint density at radius 3 is 3.05 bits per heavy atom. The minimum atomic E-state index is -1.07. The summed E-state index contributed by atoms with van der Waals surface area (Å²) < 4.78 is 10.6. The van der Waals surface area contributed by atoms with E-state index in [4.69, 9.17) is 20.1 Å². The van der Waals surface area contributed by atoms with Gasteiger partial charge in [-0.1, -0.05) is 6.07 Å². The van der Waals surface area contributed by atoms with Gasteiger partial charge in [-0.25, -0.2) is 0 Å². The molecule has 2 heterocycles. The third kappa shape index (κ3) is 2.94. The summed E-state index contributed by atoms with van der Waals surface area (Å²) in [5.41, 5.74) is 6.17. The minimum Gasteiger partial charge on any atom is -0.480 e. The number of aromatic nitrogens is 1. The van der Waals surface area contributed by atoms with E-state index >= 15 is 0 Å². The van der Waals surface area contributed by atoms with Gasteiger partial charge in [-0.2, -0.15) is 0 Å². The number of aliphatic carboxylic acids is 1. The topological polar surface area (TPSA) is 98.6 Å². The van der Waals surface area contributed by atoms with E-state index in [-0.39, 0.29) is 6.42 Å². The first kappa shape index (κ1) is 13.6. The average molecular weight is 282 g/mol. The summed E-state index contributed by atoms with van der Waals surface area (Å²) in [6.07, 6.45) is 0.112. The van der Waals surface area contributed by atoms with Crippen LogP contribution in [0.4, 0.5) is 0 Å². The van der Waals surface area contributed by atoms with Crippen LogP contribution in [0.3, 0.4) is 0 Å². The first-order chi connectivity index (χ1) is 9.13. The molecule has 2 rings (SSSR count). The van der Waals surface area contributed by atoms with Crippen LogP contribution in [0, 0.1) is 0 Å². The normalized spacial score (nSPS) is 12.3. The first-order valence-electron chi connectivity index (χ1n) is 5.77. The van der Waals surface area contributed by atoms with Gasteiger partial charge in [-0.3, -0.25) is 4.79 Å². The third-order valence-corrected chi connectivity index (χ3v) is 3.39. The molecule has 0 aliphatic heterocycles. The molecule has 2 aromatic rings. The highest BCUT2D eigenvalue weighted by atomic mass is 32.1. The Morgan fingerprint density at radius 1 is 1.68 bits per heavy atom. The SMILES string of the molecule is CCOc1noc(-c2cccs2)c1CC(N)C(=O)O. The molecule has 0 aromatic carbocycles. The van der Waals surface area contributed by atoms with Crippen LogP contribution < -0.4 is 10.5 Å². The number of hydrogen-bond donors (Lipinski definition) is 2. The molecule has 0 saturated heterocycles. The number of hydrogen-bond acceptors (Lipinski definition) is 6. The monoisotopic (exact) mass is 282 g/mol. The van der Waals surface area contributed by atoms with Gasteiger partial charge < -0.3 is 20.1 Å². The molecule has 6 nitrogen and oxygen atoms in total. The summed E-state index contributed by atoms with van der Waals surface area (Å²) in [6, 6.07) is 2.73. The number of nitrogens with two attached hydrogens (primary N) is 1. The molecule has 3 N–H and O–H groups in total. The van der Waals surface area contributed by atoms with Crippen molar-refractivity contribution in [1.82, 2.24) is 5.16 Å². The fourth-order valence-electron chi connectivity index (χ4n) is 1.63. The lowest BCUT2D eigenvalue weighted by Crippen LogP contribution is -2.32. The van der Waals surface area contributed by atoms with Crippen LogP contribution in [0.1, 0.15) is 12.5 Å². The molecule has 1 atom stereocenters. The molecule has 2 aromatic heterocycles. The lowest BCUT2D eigenvalue weighted by molar-refractivity contribution is -0.138. The molecule has 102 valence electrons. The maximum absolute atomic E-state index is 10.9. The second kappa shape index (κ2) is 5.85. The zero-order valence-electron chi connectivity index (χ0n) is 10.3. The van der Waals surface area contributed by atoms with Crippen molar-refractivity contribution in [2.75, 3.05) is 6.61 Å². The quantitative estimate of drug-likeness (QED) is 0.837. The molecule has 19 heavy (non-hydrogen) atoms. The van der Waals surface area contributed by atoms with Crippen molar-refractivity contribution >= 4 is 17.3 Å². The fraction of sp³-hybridized carbons (Fsp3) is 0.333. The van der Waals surface area contributed by atoms with Crippen molar-refractivity contribution in [2.45, 2.75) is 19.4 Å². The Balaban J connectivity index is 2.36. The highest BCUT2D eigenvalue weighted by Crippen LogP contribution is 2.34. The number of rotatable bonds is 6. The summed E-state index contributed by atoms with van der Waals surface area (Å²) in [7, 11) is 0. The number of carbonyl (C=O) groups is 1. The van der Waals surface area contributed by atoms with E-state index in [0.717, 1.165) is 4.88 Å². The summed E-state index contributed by atoms with van der Waals surface area (Å²) >= 11 is 1.48. The van der Waals surface area contributed by atoms with Crippen LogP contribution in [0.25, 0.3) is 10.6 Å². The molecule has 0 bridgehead atoms. The van der Waals surface area contributed by atoms with E-state index in [1.807, 2.05) is 24.4 Å². The minimum absolute atomic E-state index is 0.112. The van der Waals surface area contributed by atoms with Crippen molar-refractivity contribution < 1.29 is 19.2 Å². The molecule has 0 amide bonds. The summed E-state index contributed by atoms with van der Waals surface area (Å²) in [5.74, 6) is -0.237. The Hall–Kier alpha value is -1.86. The predicted molar refractivity (Wildman–Crippen MR) is 70.3 cm³/mol. The van der Waals surface area contributed by atoms with Gasteiger partial charge in [0.15, 0.2) is 5.76 Å². The van der Waals surface area contributed by atoms with Gasteiger partial charge in [0.2, 0.25) is 0 Å². The van der Waals surface area contributed by atoms with Crippen LogP contribution in [0.5, 0.6) is 5.88 Å². The standard InChI is InChI=1S/C12H14N2O4S/c1-2-17-11-7(6-8(13)12(15)16)10(18-14-11)9-4-3-5-19-9/h3-5,8H,2,6,13H2,1H3,(H,15,16). The Labute approximate surface area is 113 Å². The zero-order valence-corrected chi connectivity index (χ0v) is 11.1. The van der Waals surface area contributed by atoms with Crippen molar-refractivity contribution in [3.8, 4) is 16.5 Å². The molecule has 0 spiro atoms. The van der Waals surface area contributed by atoms with Gasteiger partial charge in [0, 0.05) is 6.42 Å². The maximum atomic E-state index is 10.9. The molecule has 0 aliphatic carbocycles. The van der Waals surface area contributed by atoms with Crippen molar-refractivity contribution in [2.24, 2.45) is 5.73 Å². The van der Waals surface area contributed by atoms with Crippen LogP contribution in [-0.2, 0) is 11.2 Å². The largest absolute Gasteiger partial charge is 0.480 e. The summed E-state index contributed by atoms with van der Waals surface area (Å²) in [6.45, 7) is 2.24. The van der Waals surface area contributed by atoms with Gasteiger partial charge in [0.05, 0.1) is 17.0 Å². The Bertz CT molecular complexity index is 550. The number of nitrogens with zero attached hydrogens (tertiary/aromatic N) is 1. The second-order valence-electron chi connectivity index (χ2n) is 3.85. The van der Waals surface area contributed by atoms with Crippen molar-refractivity contribution in [1.29, 1.82) is 0 Å². The number of carboxylic acids is 1. The van der Waals surface area contributed by atoms with Crippen LogP contribution in [0.2, 0.25) is 0 Å². The molecule has 0 aliphatic rings. The predicted octanol–water partition coefficient (Wildman–Crippen LogP) is 1.76. The molecule has 7 heteroatoms.